The lowest BCUT2D eigenvalue weighted by atomic mass is 9.86. The third kappa shape index (κ3) is 10.9. The summed E-state index contributed by atoms with van der Waals surface area (Å²) in [6.07, 6.45) is 9.95. The van der Waals surface area contributed by atoms with Crippen LogP contribution in [0.3, 0.4) is 0 Å². The van der Waals surface area contributed by atoms with Crippen molar-refractivity contribution in [3.63, 3.8) is 0 Å². The SMILES string of the molecule is CCCN(CCCCCCN1CCN(Cc2ccc(OC)cc2)CC1)C1CCc2c(ccc(OC)c2OC)C1.Cl.Cl.Cl. The van der Waals surface area contributed by atoms with Gasteiger partial charge in [0.05, 0.1) is 21.3 Å². The fraction of sp³-hybridized carbons (Fsp3) is 0.636. The molecular weight excluding hydrogens is 593 g/mol. The van der Waals surface area contributed by atoms with Gasteiger partial charge in [0, 0.05) is 44.3 Å². The normalized spacial score (nSPS) is 16.9. The van der Waals surface area contributed by atoms with Crippen molar-refractivity contribution in [3.8, 4) is 17.2 Å². The number of fused-ring (bicyclic) bond motifs is 1. The summed E-state index contributed by atoms with van der Waals surface area (Å²) in [5.74, 6) is 2.73. The van der Waals surface area contributed by atoms with E-state index in [1.54, 1.807) is 21.3 Å². The molecule has 1 fully saturated rings. The maximum Gasteiger partial charge on any atom is 0.164 e. The minimum Gasteiger partial charge on any atom is -0.497 e. The smallest absolute Gasteiger partial charge is 0.164 e. The summed E-state index contributed by atoms with van der Waals surface area (Å²) in [5, 5.41) is 0. The number of ether oxygens (including phenoxy) is 3. The van der Waals surface area contributed by atoms with Gasteiger partial charge in [-0.15, -0.1) is 37.2 Å². The Bertz CT molecular complexity index is 1000. The van der Waals surface area contributed by atoms with Crippen molar-refractivity contribution >= 4 is 37.2 Å². The van der Waals surface area contributed by atoms with Crippen LogP contribution < -0.4 is 14.2 Å². The fourth-order valence-electron chi connectivity index (χ4n) is 6.40. The highest BCUT2D eigenvalue weighted by Crippen LogP contribution is 2.38. The Balaban J connectivity index is 0.00000294. The van der Waals surface area contributed by atoms with Crippen LogP contribution in [-0.2, 0) is 19.4 Å². The van der Waals surface area contributed by atoms with E-state index in [4.69, 9.17) is 14.2 Å². The molecular formula is C33H54Cl3N3O3. The molecule has 2 aromatic carbocycles. The lowest BCUT2D eigenvalue weighted by molar-refractivity contribution is 0.125. The van der Waals surface area contributed by atoms with Crippen LogP contribution in [0.25, 0.3) is 0 Å². The Hall–Kier alpha value is -1.41. The van der Waals surface area contributed by atoms with Gasteiger partial charge in [-0.3, -0.25) is 4.90 Å². The predicted octanol–water partition coefficient (Wildman–Crippen LogP) is 6.93. The summed E-state index contributed by atoms with van der Waals surface area (Å²) in [5.41, 5.74) is 4.17. The van der Waals surface area contributed by atoms with Gasteiger partial charge in [-0.25, -0.2) is 0 Å². The Morgan fingerprint density at radius 2 is 1.45 bits per heavy atom. The molecule has 1 unspecified atom stereocenters. The lowest BCUT2D eigenvalue weighted by Crippen LogP contribution is -2.46. The fourth-order valence-corrected chi connectivity index (χ4v) is 6.40. The van der Waals surface area contributed by atoms with E-state index in [0.717, 1.165) is 36.6 Å². The number of unbranched alkanes of at least 4 members (excludes halogenated alkanes) is 3. The van der Waals surface area contributed by atoms with Crippen molar-refractivity contribution < 1.29 is 14.2 Å². The first-order valence-corrected chi connectivity index (χ1v) is 15.2. The minimum absolute atomic E-state index is 0. The highest BCUT2D eigenvalue weighted by atomic mass is 35.5. The molecule has 1 aliphatic carbocycles. The van der Waals surface area contributed by atoms with Crippen molar-refractivity contribution in [2.75, 3.05) is 67.1 Å². The first-order chi connectivity index (χ1) is 19.1. The maximum absolute atomic E-state index is 5.71. The number of methoxy groups -OCH3 is 3. The first kappa shape index (κ1) is 38.6. The van der Waals surface area contributed by atoms with E-state index in [2.05, 4.69) is 58.0 Å². The average molecular weight is 647 g/mol. The Kier molecular flexibility index (Phi) is 18.9. The molecule has 0 radical (unpaired) electrons. The molecule has 2 aliphatic rings. The van der Waals surface area contributed by atoms with Crippen LogP contribution in [0.5, 0.6) is 17.2 Å². The molecule has 9 heteroatoms. The zero-order chi connectivity index (χ0) is 27.5. The van der Waals surface area contributed by atoms with E-state index in [9.17, 15) is 0 Å². The molecule has 0 amide bonds. The molecule has 0 bridgehead atoms. The number of hydrogen-bond acceptors (Lipinski definition) is 6. The third-order valence-electron chi connectivity index (χ3n) is 8.66. The maximum atomic E-state index is 5.71. The molecule has 1 atom stereocenters. The van der Waals surface area contributed by atoms with E-state index in [-0.39, 0.29) is 37.2 Å². The third-order valence-corrected chi connectivity index (χ3v) is 8.66. The van der Waals surface area contributed by atoms with Gasteiger partial charge < -0.3 is 24.0 Å². The Labute approximate surface area is 273 Å². The van der Waals surface area contributed by atoms with Crippen LogP contribution in [0.1, 0.15) is 62.1 Å². The second-order valence-electron chi connectivity index (χ2n) is 11.3. The first-order valence-electron chi connectivity index (χ1n) is 15.2. The Morgan fingerprint density at radius 3 is 2.10 bits per heavy atom. The summed E-state index contributed by atoms with van der Waals surface area (Å²) in [6, 6.07) is 13.5. The summed E-state index contributed by atoms with van der Waals surface area (Å²) < 4.78 is 16.5. The monoisotopic (exact) mass is 645 g/mol. The van der Waals surface area contributed by atoms with Gasteiger partial charge in [0.15, 0.2) is 11.5 Å². The van der Waals surface area contributed by atoms with Crippen LogP contribution >= 0.6 is 37.2 Å². The topological polar surface area (TPSA) is 37.4 Å². The Morgan fingerprint density at radius 1 is 0.762 bits per heavy atom. The number of benzene rings is 2. The van der Waals surface area contributed by atoms with Gasteiger partial charge in [0.25, 0.3) is 0 Å². The van der Waals surface area contributed by atoms with Crippen LogP contribution in [0.2, 0.25) is 0 Å². The second kappa shape index (κ2) is 20.5. The van der Waals surface area contributed by atoms with E-state index in [1.807, 2.05) is 0 Å². The van der Waals surface area contributed by atoms with Crippen molar-refractivity contribution in [3.05, 3.63) is 53.1 Å². The van der Waals surface area contributed by atoms with Crippen LogP contribution in [0.15, 0.2) is 36.4 Å². The number of rotatable bonds is 15. The molecule has 6 nitrogen and oxygen atoms in total. The van der Waals surface area contributed by atoms with Gasteiger partial charge in [0.1, 0.15) is 5.75 Å². The standard InChI is InChI=1S/C33H51N3O3.3ClH/c1-5-18-36(29-13-16-31-28(25-29)12-17-32(38-3)33(31)39-4)20-9-7-6-8-19-34-21-23-35(24-22-34)26-27-10-14-30(37-2)15-11-27;;;/h10-12,14-15,17,29H,5-9,13,16,18-26H2,1-4H3;3*1H. The molecule has 0 saturated carbocycles. The van der Waals surface area contributed by atoms with Crippen molar-refractivity contribution in [1.82, 2.24) is 14.7 Å². The van der Waals surface area contributed by atoms with Crippen LogP contribution in [-0.4, -0.2) is 87.9 Å². The molecule has 42 heavy (non-hydrogen) atoms. The highest BCUT2D eigenvalue weighted by molar-refractivity contribution is 5.86. The van der Waals surface area contributed by atoms with E-state index in [1.165, 1.54) is 101 Å². The zero-order valence-electron chi connectivity index (χ0n) is 26.1. The summed E-state index contributed by atoms with van der Waals surface area (Å²) in [4.78, 5) is 8.01. The van der Waals surface area contributed by atoms with Crippen molar-refractivity contribution in [2.45, 2.75) is 70.9 Å². The van der Waals surface area contributed by atoms with Gasteiger partial charge in [-0.05, 0) is 87.5 Å². The molecule has 4 rings (SSSR count). The van der Waals surface area contributed by atoms with Gasteiger partial charge in [-0.1, -0.05) is 38.0 Å². The van der Waals surface area contributed by atoms with E-state index in [0.29, 0.717) is 6.04 Å². The minimum atomic E-state index is 0. The van der Waals surface area contributed by atoms with Gasteiger partial charge in [-0.2, -0.15) is 0 Å². The molecule has 2 aromatic rings. The summed E-state index contributed by atoms with van der Waals surface area (Å²) in [6.45, 7) is 11.8. The van der Waals surface area contributed by atoms with Crippen molar-refractivity contribution in [2.24, 2.45) is 0 Å². The second-order valence-corrected chi connectivity index (χ2v) is 11.3. The molecule has 1 heterocycles. The quantitative estimate of drug-likeness (QED) is 0.196. The molecule has 0 spiro atoms. The average Bonchev–Trinajstić information content (AvgIpc) is 2.98. The number of nitrogens with zero attached hydrogens (tertiary/aromatic N) is 3. The van der Waals surface area contributed by atoms with E-state index >= 15 is 0 Å². The van der Waals surface area contributed by atoms with Crippen LogP contribution in [0, 0.1) is 0 Å². The molecule has 1 saturated heterocycles. The number of hydrogen-bond donors (Lipinski definition) is 0. The van der Waals surface area contributed by atoms with Crippen LogP contribution in [0.4, 0.5) is 0 Å². The predicted molar refractivity (Wildman–Crippen MR) is 182 cm³/mol. The molecule has 1 aliphatic heterocycles. The highest BCUT2D eigenvalue weighted by Gasteiger charge is 2.27. The summed E-state index contributed by atoms with van der Waals surface area (Å²) in [7, 11) is 5.21. The zero-order valence-corrected chi connectivity index (χ0v) is 28.6. The molecule has 0 aromatic heterocycles. The van der Waals surface area contributed by atoms with E-state index < -0.39 is 0 Å². The number of piperazine rings is 1. The van der Waals surface area contributed by atoms with Crippen molar-refractivity contribution in [1.29, 1.82) is 0 Å². The number of halogens is 3. The van der Waals surface area contributed by atoms with Gasteiger partial charge in [0.2, 0.25) is 0 Å². The molecule has 240 valence electrons. The van der Waals surface area contributed by atoms with Gasteiger partial charge >= 0.3 is 0 Å². The lowest BCUT2D eigenvalue weighted by Gasteiger charge is -2.36. The summed E-state index contributed by atoms with van der Waals surface area (Å²) >= 11 is 0. The largest absolute Gasteiger partial charge is 0.497 e. The molecule has 0 N–H and O–H groups in total.